The van der Waals surface area contributed by atoms with E-state index < -0.39 is 0 Å². The lowest BCUT2D eigenvalue weighted by molar-refractivity contribution is 0.604. The van der Waals surface area contributed by atoms with Gasteiger partial charge in [-0.15, -0.1) is 0 Å². The second kappa shape index (κ2) is 4.22. The Morgan fingerprint density at radius 2 is 2.18 bits per heavy atom. The quantitative estimate of drug-likeness (QED) is 0.755. The van der Waals surface area contributed by atoms with Crippen molar-refractivity contribution in [1.82, 2.24) is 4.98 Å². The Morgan fingerprint density at radius 3 is 2.94 bits per heavy atom. The van der Waals surface area contributed by atoms with Gasteiger partial charge >= 0.3 is 0 Å². The van der Waals surface area contributed by atoms with Crippen LogP contribution in [-0.2, 0) is 0 Å². The lowest BCUT2D eigenvalue weighted by atomic mass is 10.2. The number of aromatic nitrogens is 1. The molecular formula is C13H12N2OS. The average molecular weight is 244 g/mol. The maximum Gasteiger partial charge on any atom is 0.296 e. The first-order chi connectivity index (χ1) is 8.33. The summed E-state index contributed by atoms with van der Waals surface area (Å²) < 4.78 is 5.62. The summed E-state index contributed by atoms with van der Waals surface area (Å²) in [6, 6.07) is 10.6. The number of hydrogen-bond donors (Lipinski definition) is 1. The van der Waals surface area contributed by atoms with Crippen molar-refractivity contribution in [2.24, 2.45) is 0 Å². The van der Waals surface area contributed by atoms with Crippen LogP contribution in [0.25, 0.3) is 11.1 Å². The zero-order chi connectivity index (χ0) is 11.7. The first-order valence-corrected chi connectivity index (χ1v) is 6.41. The molecule has 0 saturated heterocycles. The van der Waals surface area contributed by atoms with Crippen molar-refractivity contribution in [1.29, 1.82) is 0 Å². The third-order valence-electron chi connectivity index (χ3n) is 2.68. The summed E-state index contributed by atoms with van der Waals surface area (Å²) in [5, 5.41) is 7.46. The Balaban J connectivity index is 1.85. The molecule has 2 aromatic heterocycles. The van der Waals surface area contributed by atoms with Crippen molar-refractivity contribution in [3.05, 3.63) is 46.7 Å². The van der Waals surface area contributed by atoms with Crippen LogP contribution in [0, 0.1) is 0 Å². The molecule has 2 heterocycles. The smallest absolute Gasteiger partial charge is 0.296 e. The largest absolute Gasteiger partial charge is 0.424 e. The number of nitrogens with one attached hydrogen (secondary N) is 1. The molecule has 0 aliphatic heterocycles. The molecule has 3 rings (SSSR count). The summed E-state index contributed by atoms with van der Waals surface area (Å²) in [7, 11) is 0. The summed E-state index contributed by atoms with van der Waals surface area (Å²) in [5.41, 5.74) is 2.94. The van der Waals surface area contributed by atoms with Crippen LogP contribution in [0.15, 0.2) is 45.5 Å². The van der Waals surface area contributed by atoms with E-state index in [0.29, 0.717) is 6.01 Å². The highest BCUT2D eigenvalue weighted by Gasteiger charge is 2.10. The minimum absolute atomic E-state index is 0.203. The number of nitrogens with zero attached hydrogens (tertiary/aromatic N) is 1. The van der Waals surface area contributed by atoms with Gasteiger partial charge in [0, 0.05) is 0 Å². The van der Waals surface area contributed by atoms with Gasteiger partial charge in [-0.25, -0.2) is 0 Å². The van der Waals surface area contributed by atoms with Gasteiger partial charge in [0.25, 0.3) is 6.01 Å². The predicted molar refractivity (Wildman–Crippen MR) is 70.4 cm³/mol. The molecule has 3 aromatic rings. The number of oxazole rings is 1. The Hall–Kier alpha value is -1.81. The van der Waals surface area contributed by atoms with Gasteiger partial charge in [0.05, 0.1) is 6.04 Å². The van der Waals surface area contributed by atoms with Gasteiger partial charge in [0.15, 0.2) is 5.58 Å². The highest BCUT2D eigenvalue weighted by atomic mass is 32.1. The van der Waals surface area contributed by atoms with Crippen molar-refractivity contribution in [3.63, 3.8) is 0 Å². The molecule has 0 amide bonds. The van der Waals surface area contributed by atoms with Crippen LogP contribution < -0.4 is 5.32 Å². The van der Waals surface area contributed by atoms with Gasteiger partial charge in [-0.1, -0.05) is 12.1 Å². The van der Waals surface area contributed by atoms with Crippen molar-refractivity contribution in [2.45, 2.75) is 13.0 Å². The average Bonchev–Trinajstić information content (AvgIpc) is 2.97. The number of anilines is 1. The lowest BCUT2D eigenvalue weighted by Gasteiger charge is -2.09. The summed E-state index contributed by atoms with van der Waals surface area (Å²) >= 11 is 1.69. The molecule has 0 saturated carbocycles. The van der Waals surface area contributed by atoms with Gasteiger partial charge < -0.3 is 9.73 Å². The monoisotopic (exact) mass is 244 g/mol. The molecule has 0 radical (unpaired) electrons. The fourth-order valence-corrected chi connectivity index (χ4v) is 2.48. The topological polar surface area (TPSA) is 38.1 Å². The number of benzene rings is 1. The van der Waals surface area contributed by atoms with Crippen LogP contribution in [0.3, 0.4) is 0 Å². The first kappa shape index (κ1) is 10.4. The van der Waals surface area contributed by atoms with Crippen molar-refractivity contribution < 1.29 is 4.42 Å². The number of fused-ring (bicyclic) bond motifs is 1. The van der Waals surface area contributed by atoms with E-state index in [2.05, 4.69) is 34.1 Å². The predicted octanol–water partition coefficient (Wildman–Crippen LogP) is 4.06. The van der Waals surface area contributed by atoms with E-state index in [4.69, 9.17) is 4.42 Å². The van der Waals surface area contributed by atoms with E-state index in [1.54, 1.807) is 11.3 Å². The van der Waals surface area contributed by atoms with Gasteiger partial charge in [0.2, 0.25) is 0 Å². The summed E-state index contributed by atoms with van der Waals surface area (Å²) in [5.74, 6) is 0. The normalized spacial score (nSPS) is 12.8. The Kier molecular flexibility index (Phi) is 2.57. The summed E-state index contributed by atoms with van der Waals surface area (Å²) in [6.45, 7) is 2.09. The molecule has 86 valence electrons. The molecule has 1 unspecified atom stereocenters. The number of hydrogen-bond acceptors (Lipinski definition) is 4. The van der Waals surface area contributed by atoms with Crippen LogP contribution >= 0.6 is 11.3 Å². The number of para-hydroxylation sites is 2. The van der Waals surface area contributed by atoms with Gasteiger partial charge in [0.1, 0.15) is 5.52 Å². The lowest BCUT2D eigenvalue weighted by Crippen LogP contribution is -2.05. The highest BCUT2D eigenvalue weighted by molar-refractivity contribution is 7.07. The maximum absolute atomic E-state index is 5.62. The van der Waals surface area contributed by atoms with Gasteiger partial charge in [-0.2, -0.15) is 16.3 Å². The van der Waals surface area contributed by atoms with E-state index in [9.17, 15) is 0 Å². The first-order valence-electron chi connectivity index (χ1n) is 5.47. The van der Waals surface area contributed by atoms with Crippen LogP contribution in [0.4, 0.5) is 6.01 Å². The van der Waals surface area contributed by atoms with E-state index in [0.717, 1.165) is 11.1 Å². The second-order valence-corrected chi connectivity index (χ2v) is 4.69. The fraction of sp³-hybridized carbons (Fsp3) is 0.154. The minimum atomic E-state index is 0.203. The molecule has 4 heteroatoms. The summed E-state index contributed by atoms with van der Waals surface area (Å²) in [6.07, 6.45) is 0. The Bertz CT molecular complexity index is 582. The molecule has 0 aliphatic rings. The molecule has 3 nitrogen and oxygen atoms in total. The molecule has 0 bridgehead atoms. The minimum Gasteiger partial charge on any atom is -0.424 e. The van der Waals surface area contributed by atoms with Gasteiger partial charge in [-0.3, -0.25) is 0 Å². The van der Waals surface area contributed by atoms with E-state index >= 15 is 0 Å². The molecule has 0 spiro atoms. The fourth-order valence-electron chi connectivity index (χ4n) is 1.72. The molecule has 1 N–H and O–H groups in total. The third kappa shape index (κ3) is 2.03. The van der Waals surface area contributed by atoms with Crippen molar-refractivity contribution >= 4 is 28.5 Å². The molecule has 0 aliphatic carbocycles. The standard InChI is InChI=1S/C13H12N2OS/c1-9(10-6-7-17-8-10)14-13-15-11-4-2-3-5-12(11)16-13/h2-9H,1H3,(H,14,15). The van der Waals surface area contributed by atoms with E-state index in [-0.39, 0.29) is 6.04 Å². The van der Waals surface area contributed by atoms with Crippen LogP contribution in [0.2, 0.25) is 0 Å². The molecule has 0 fully saturated rings. The zero-order valence-corrected chi connectivity index (χ0v) is 10.2. The van der Waals surface area contributed by atoms with Crippen LogP contribution in [0.1, 0.15) is 18.5 Å². The number of thiophene rings is 1. The highest BCUT2D eigenvalue weighted by Crippen LogP contribution is 2.23. The third-order valence-corrected chi connectivity index (χ3v) is 3.38. The van der Waals surface area contributed by atoms with E-state index in [1.165, 1.54) is 5.56 Å². The van der Waals surface area contributed by atoms with E-state index in [1.807, 2.05) is 24.3 Å². The zero-order valence-electron chi connectivity index (χ0n) is 9.38. The maximum atomic E-state index is 5.62. The van der Waals surface area contributed by atoms with Crippen LogP contribution in [0.5, 0.6) is 0 Å². The molecule has 1 atom stereocenters. The molecule has 1 aromatic carbocycles. The van der Waals surface area contributed by atoms with Crippen molar-refractivity contribution in [3.8, 4) is 0 Å². The molecule has 17 heavy (non-hydrogen) atoms. The SMILES string of the molecule is CC(Nc1nc2ccccc2o1)c1ccsc1. The summed E-state index contributed by atoms with van der Waals surface area (Å²) in [4.78, 5) is 4.39. The molecular weight excluding hydrogens is 232 g/mol. The number of rotatable bonds is 3. The Labute approximate surface area is 103 Å². The second-order valence-electron chi connectivity index (χ2n) is 3.91. The van der Waals surface area contributed by atoms with Crippen molar-refractivity contribution in [2.75, 3.05) is 5.32 Å². The van der Waals surface area contributed by atoms with Crippen LogP contribution in [-0.4, -0.2) is 4.98 Å². The Morgan fingerprint density at radius 1 is 1.29 bits per heavy atom. The van der Waals surface area contributed by atoms with Gasteiger partial charge in [-0.05, 0) is 41.4 Å².